The maximum atomic E-state index is 12.7. The van der Waals surface area contributed by atoms with E-state index >= 15 is 0 Å². The number of hydrogen-bond donors (Lipinski definition) is 0. The normalized spacial score (nSPS) is 24.2. The monoisotopic (exact) mass is 330 g/mol. The second-order valence-corrected chi connectivity index (χ2v) is 7.32. The SMILES string of the molecule is COc1ccc(CN(C)C(=O)CN2CCCC3CCCCC32)cc1. The van der Waals surface area contributed by atoms with E-state index in [1.165, 1.54) is 38.5 Å². The number of hydrogen-bond acceptors (Lipinski definition) is 3. The molecule has 1 saturated heterocycles. The smallest absolute Gasteiger partial charge is 0.236 e. The highest BCUT2D eigenvalue weighted by atomic mass is 16.5. The first-order chi connectivity index (χ1) is 11.7. The van der Waals surface area contributed by atoms with Crippen LogP contribution in [0.1, 0.15) is 44.1 Å². The van der Waals surface area contributed by atoms with Crippen LogP contribution in [-0.4, -0.2) is 49.0 Å². The van der Waals surface area contributed by atoms with Gasteiger partial charge in [-0.1, -0.05) is 25.0 Å². The van der Waals surface area contributed by atoms with E-state index in [1.807, 2.05) is 36.2 Å². The molecule has 0 radical (unpaired) electrons. The van der Waals surface area contributed by atoms with Gasteiger partial charge in [0, 0.05) is 19.6 Å². The lowest BCUT2D eigenvalue weighted by atomic mass is 9.78. The third-order valence-corrected chi connectivity index (χ3v) is 5.70. The van der Waals surface area contributed by atoms with Gasteiger partial charge in [0.1, 0.15) is 5.75 Å². The largest absolute Gasteiger partial charge is 0.497 e. The number of methoxy groups -OCH3 is 1. The summed E-state index contributed by atoms with van der Waals surface area (Å²) >= 11 is 0. The summed E-state index contributed by atoms with van der Waals surface area (Å²) in [5.74, 6) is 1.91. The standard InChI is InChI=1S/C20H30N2O2/c1-21(14-16-9-11-18(24-2)12-10-16)20(23)15-22-13-5-7-17-6-3-4-8-19(17)22/h9-12,17,19H,3-8,13-15H2,1-2H3. The number of piperidine rings is 1. The molecule has 0 spiro atoms. The average molecular weight is 330 g/mol. The lowest BCUT2D eigenvalue weighted by molar-refractivity contribution is -0.133. The average Bonchev–Trinajstić information content (AvgIpc) is 2.62. The third-order valence-electron chi connectivity index (χ3n) is 5.70. The molecule has 132 valence electrons. The van der Waals surface area contributed by atoms with Gasteiger partial charge < -0.3 is 9.64 Å². The fraction of sp³-hybridized carbons (Fsp3) is 0.650. The molecule has 1 aromatic carbocycles. The van der Waals surface area contributed by atoms with Gasteiger partial charge >= 0.3 is 0 Å². The molecule has 1 amide bonds. The Bertz CT molecular complexity index is 541. The van der Waals surface area contributed by atoms with Gasteiger partial charge in [0.05, 0.1) is 13.7 Å². The van der Waals surface area contributed by atoms with E-state index in [4.69, 9.17) is 4.74 Å². The molecule has 1 aromatic rings. The number of likely N-dealkylation sites (N-methyl/N-ethyl adjacent to an activating group) is 1. The first-order valence-corrected chi connectivity index (χ1v) is 9.28. The molecule has 4 heteroatoms. The summed E-state index contributed by atoms with van der Waals surface area (Å²) in [5.41, 5.74) is 1.14. The highest BCUT2D eigenvalue weighted by molar-refractivity contribution is 5.78. The summed E-state index contributed by atoms with van der Waals surface area (Å²) in [6, 6.07) is 8.60. The van der Waals surface area contributed by atoms with Gasteiger partial charge in [-0.25, -0.2) is 0 Å². The van der Waals surface area contributed by atoms with Crippen molar-refractivity contribution in [2.45, 2.75) is 51.1 Å². The maximum absolute atomic E-state index is 12.7. The molecule has 0 aromatic heterocycles. The number of amides is 1. The Balaban J connectivity index is 1.54. The Hall–Kier alpha value is -1.55. The molecule has 1 saturated carbocycles. The van der Waals surface area contributed by atoms with Crippen LogP contribution in [0.4, 0.5) is 0 Å². The zero-order valence-corrected chi connectivity index (χ0v) is 15.0. The number of carbonyl (C=O) groups excluding carboxylic acids is 1. The van der Waals surface area contributed by atoms with E-state index in [2.05, 4.69) is 4.90 Å². The molecular formula is C20H30N2O2. The molecule has 2 atom stereocenters. The van der Waals surface area contributed by atoms with Crippen molar-refractivity contribution in [3.05, 3.63) is 29.8 Å². The van der Waals surface area contributed by atoms with Crippen molar-refractivity contribution in [1.82, 2.24) is 9.80 Å². The van der Waals surface area contributed by atoms with E-state index in [0.717, 1.165) is 23.8 Å². The van der Waals surface area contributed by atoms with Crippen LogP contribution in [0.15, 0.2) is 24.3 Å². The summed E-state index contributed by atoms with van der Waals surface area (Å²) in [6.45, 7) is 2.32. The van der Waals surface area contributed by atoms with Gasteiger partial charge in [-0.2, -0.15) is 0 Å². The Labute approximate surface area is 145 Å². The molecule has 2 aliphatic rings. The van der Waals surface area contributed by atoms with Crippen molar-refractivity contribution in [2.75, 3.05) is 27.2 Å². The summed E-state index contributed by atoms with van der Waals surface area (Å²) in [6.07, 6.45) is 7.94. The molecule has 2 unspecified atom stereocenters. The fourth-order valence-corrected chi connectivity index (χ4v) is 4.31. The van der Waals surface area contributed by atoms with E-state index in [9.17, 15) is 4.79 Å². The Morgan fingerprint density at radius 3 is 2.62 bits per heavy atom. The molecule has 0 N–H and O–H groups in total. The number of rotatable bonds is 5. The lowest BCUT2D eigenvalue weighted by Gasteiger charge is -2.44. The first-order valence-electron chi connectivity index (χ1n) is 9.28. The highest BCUT2D eigenvalue weighted by Crippen LogP contribution is 2.35. The van der Waals surface area contributed by atoms with Crippen LogP contribution in [0, 0.1) is 5.92 Å². The maximum Gasteiger partial charge on any atom is 0.236 e. The molecule has 3 rings (SSSR count). The number of nitrogens with zero attached hydrogens (tertiary/aromatic N) is 2. The number of fused-ring (bicyclic) bond motifs is 1. The second kappa shape index (κ2) is 8.02. The predicted octanol–water partition coefficient (Wildman–Crippen LogP) is 3.31. The second-order valence-electron chi connectivity index (χ2n) is 7.32. The summed E-state index contributed by atoms with van der Waals surface area (Å²) in [7, 11) is 3.58. The van der Waals surface area contributed by atoms with Crippen LogP contribution >= 0.6 is 0 Å². The minimum atomic E-state index is 0.233. The Morgan fingerprint density at radius 2 is 1.88 bits per heavy atom. The molecule has 1 aliphatic carbocycles. The van der Waals surface area contributed by atoms with E-state index < -0.39 is 0 Å². The van der Waals surface area contributed by atoms with Crippen molar-refractivity contribution in [3.63, 3.8) is 0 Å². The van der Waals surface area contributed by atoms with Gasteiger partial charge in [-0.05, 0) is 55.8 Å². The van der Waals surface area contributed by atoms with E-state index in [0.29, 0.717) is 19.1 Å². The van der Waals surface area contributed by atoms with E-state index in [-0.39, 0.29) is 5.91 Å². The van der Waals surface area contributed by atoms with Crippen molar-refractivity contribution in [2.24, 2.45) is 5.92 Å². The predicted molar refractivity (Wildman–Crippen MR) is 96.0 cm³/mol. The zero-order valence-electron chi connectivity index (χ0n) is 15.0. The fourth-order valence-electron chi connectivity index (χ4n) is 4.31. The molecule has 1 aliphatic heterocycles. The van der Waals surface area contributed by atoms with Crippen LogP contribution in [0.5, 0.6) is 5.75 Å². The molecular weight excluding hydrogens is 300 g/mol. The summed E-state index contributed by atoms with van der Waals surface area (Å²) < 4.78 is 5.19. The van der Waals surface area contributed by atoms with Gasteiger partial charge in [0.2, 0.25) is 5.91 Å². The zero-order chi connectivity index (χ0) is 16.9. The third kappa shape index (κ3) is 4.10. The van der Waals surface area contributed by atoms with E-state index in [1.54, 1.807) is 7.11 Å². The van der Waals surface area contributed by atoms with Crippen LogP contribution < -0.4 is 4.74 Å². The Kier molecular flexibility index (Phi) is 5.77. The first kappa shape index (κ1) is 17.3. The topological polar surface area (TPSA) is 32.8 Å². The highest BCUT2D eigenvalue weighted by Gasteiger charge is 2.34. The number of benzene rings is 1. The minimum Gasteiger partial charge on any atom is -0.497 e. The van der Waals surface area contributed by atoms with Gasteiger partial charge in [-0.15, -0.1) is 0 Å². The minimum absolute atomic E-state index is 0.233. The molecule has 1 heterocycles. The summed E-state index contributed by atoms with van der Waals surface area (Å²) in [4.78, 5) is 17.0. The van der Waals surface area contributed by atoms with Gasteiger partial charge in [-0.3, -0.25) is 9.69 Å². The Morgan fingerprint density at radius 1 is 1.17 bits per heavy atom. The van der Waals surface area contributed by atoms with Crippen molar-refractivity contribution in [1.29, 1.82) is 0 Å². The lowest BCUT2D eigenvalue weighted by Crippen LogP contribution is -2.50. The van der Waals surface area contributed by atoms with Crippen LogP contribution in [-0.2, 0) is 11.3 Å². The molecule has 2 fully saturated rings. The molecule has 0 bridgehead atoms. The number of likely N-dealkylation sites (tertiary alicyclic amines) is 1. The van der Waals surface area contributed by atoms with Gasteiger partial charge in [0.25, 0.3) is 0 Å². The van der Waals surface area contributed by atoms with Crippen molar-refractivity contribution >= 4 is 5.91 Å². The van der Waals surface area contributed by atoms with Crippen molar-refractivity contribution < 1.29 is 9.53 Å². The van der Waals surface area contributed by atoms with Crippen LogP contribution in [0.25, 0.3) is 0 Å². The molecule has 24 heavy (non-hydrogen) atoms. The van der Waals surface area contributed by atoms with Crippen LogP contribution in [0.2, 0.25) is 0 Å². The van der Waals surface area contributed by atoms with Crippen LogP contribution in [0.3, 0.4) is 0 Å². The van der Waals surface area contributed by atoms with Crippen molar-refractivity contribution in [3.8, 4) is 5.75 Å². The quantitative estimate of drug-likeness (QED) is 0.830. The number of carbonyl (C=O) groups is 1. The number of ether oxygens (including phenoxy) is 1. The van der Waals surface area contributed by atoms with Gasteiger partial charge in [0.15, 0.2) is 0 Å². The molecule has 4 nitrogen and oxygen atoms in total. The summed E-state index contributed by atoms with van der Waals surface area (Å²) in [5, 5.41) is 0.